The van der Waals surface area contributed by atoms with Gasteiger partial charge in [-0.15, -0.1) is 0 Å². The van der Waals surface area contributed by atoms with Crippen molar-refractivity contribution in [1.29, 1.82) is 0 Å². The zero-order chi connectivity index (χ0) is 19.1. The highest BCUT2D eigenvalue weighted by Crippen LogP contribution is 2.15. The topological polar surface area (TPSA) is 49.9 Å². The number of hydrogen-bond donors (Lipinski definition) is 0. The van der Waals surface area contributed by atoms with Crippen molar-refractivity contribution in [1.82, 2.24) is 9.80 Å². The van der Waals surface area contributed by atoms with Crippen LogP contribution < -0.4 is 4.74 Å². The highest BCUT2D eigenvalue weighted by atomic mass is 16.5. The molecule has 0 aromatic heterocycles. The molecule has 2 aromatic carbocycles. The van der Waals surface area contributed by atoms with Gasteiger partial charge in [-0.1, -0.05) is 42.5 Å². The summed E-state index contributed by atoms with van der Waals surface area (Å²) in [5, 5.41) is 0. The molecular weight excluding hydrogens is 340 g/mol. The molecule has 1 saturated heterocycles. The first-order chi connectivity index (χ1) is 13.2. The van der Waals surface area contributed by atoms with Gasteiger partial charge < -0.3 is 14.5 Å². The van der Waals surface area contributed by atoms with Gasteiger partial charge in [-0.25, -0.2) is 0 Å². The summed E-state index contributed by atoms with van der Waals surface area (Å²) in [6, 6.07) is 17.4. The SMILES string of the molecule is COc1cccc(CC(=O)N2CCCN(C(=O)Cc3ccccc3)CC2)c1. The molecule has 27 heavy (non-hydrogen) atoms. The van der Waals surface area contributed by atoms with E-state index in [2.05, 4.69) is 0 Å². The van der Waals surface area contributed by atoms with Crippen LogP contribution in [-0.4, -0.2) is 54.9 Å². The molecule has 2 aromatic rings. The largest absolute Gasteiger partial charge is 0.497 e. The Labute approximate surface area is 160 Å². The summed E-state index contributed by atoms with van der Waals surface area (Å²) < 4.78 is 5.22. The first-order valence-corrected chi connectivity index (χ1v) is 9.38. The lowest BCUT2D eigenvalue weighted by molar-refractivity contribution is -0.132. The Kier molecular flexibility index (Phi) is 6.47. The smallest absolute Gasteiger partial charge is 0.227 e. The highest BCUT2D eigenvalue weighted by molar-refractivity contribution is 5.80. The fourth-order valence-corrected chi connectivity index (χ4v) is 3.37. The molecule has 0 unspecified atom stereocenters. The average Bonchev–Trinajstić information content (AvgIpc) is 2.95. The van der Waals surface area contributed by atoms with E-state index in [1.807, 2.05) is 64.4 Å². The molecule has 0 aliphatic carbocycles. The molecule has 2 amide bonds. The van der Waals surface area contributed by atoms with Gasteiger partial charge in [0.2, 0.25) is 11.8 Å². The third-order valence-corrected chi connectivity index (χ3v) is 4.89. The van der Waals surface area contributed by atoms with Crippen LogP contribution in [0.2, 0.25) is 0 Å². The van der Waals surface area contributed by atoms with Gasteiger partial charge in [0.1, 0.15) is 5.75 Å². The van der Waals surface area contributed by atoms with Crippen molar-refractivity contribution in [2.24, 2.45) is 0 Å². The predicted octanol–water partition coefficient (Wildman–Crippen LogP) is 2.54. The van der Waals surface area contributed by atoms with Gasteiger partial charge in [0.05, 0.1) is 20.0 Å². The summed E-state index contributed by atoms with van der Waals surface area (Å²) in [6.45, 7) is 2.57. The monoisotopic (exact) mass is 366 g/mol. The Hall–Kier alpha value is -2.82. The Morgan fingerprint density at radius 3 is 2.04 bits per heavy atom. The maximum atomic E-state index is 12.7. The Morgan fingerprint density at radius 2 is 1.41 bits per heavy atom. The molecule has 0 spiro atoms. The normalized spacial score (nSPS) is 14.6. The summed E-state index contributed by atoms with van der Waals surface area (Å²) in [5.41, 5.74) is 1.97. The van der Waals surface area contributed by atoms with Crippen molar-refractivity contribution in [2.45, 2.75) is 19.3 Å². The predicted molar refractivity (Wildman–Crippen MR) is 105 cm³/mol. The van der Waals surface area contributed by atoms with Crippen molar-refractivity contribution in [3.8, 4) is 5.75 Å². The van der Waals surface area contributed by atoms with Crippen molar-refractivity contribution >= 4 is 11.8 Å². The maximum Gasteiger partial charge on any atom is 0.227 e. The van der Waals surface area contributed by atoms with Gasteiger partial charge in [-0.05, 0) is 29.7 Å². The molecule has 0 saturated carbocycles. The molecule has 5 heteroatoms. The quantitative estimate of drug-likeness (QED) is 0.817. The third-order valence-electron chi connectivity index (χ3n) is 4.89. The van der Waals surface area contributed by atoms with E-state index < -0.39 is 0 Å². The summed E-state index contributed by atoms with van der Waals surface area (Å²) in [5.74, 6) is 0.984. The zero-order valence-corrected chi connectivity index (χ0v) is 15.8. The second-order valence-electron chi connectivity index (χ2n) is 6.81. The van der Waals surface area contributed by atoms with Crippen LogP contribution >= 0.6 is 0 Å². The molecule has 142 valence electrons. The fourth-order valence-electron chi connectivity index (χ4n) is 3.37. The Morgan fingerprint density at radius 1 is 0.815 bits per heavy atom. The van der Waals surface area contributed by atoms with Gasteiger partial charge in [0.15, 0.2) is 0 Å². The van der Waals surface area contributed by atoms with Crippen LogP contribution in [0.3, 0.4) is 0 Å². The average molecular weight is 366 g/mol. The number of methoxy groups -OCH3 is 1. The van der Waals surface area contributed by atoms with Crippen LogP contribution in [-0.2, 0) is 22.4 Å². The summed E-state index contributed by atoms with van der Waals surface area (Å²) in [6.07, 6.45) is 1.58. The second kappa shape index (κ2) is 9.21. The molecule has 5 nitrogen and oxygen atoms in total. The molecule has 0 bridgehead atoms. The van der Waals surface area contributed by atoms with Crippen LogP contribution in [0.1, 0.15) is 17.5 Å². The van der Waals surface area contributed by atoms with Gasteiger partial charge in [-0.2, -0.15) is 0 Å². The first-order valence-electron chi connectivity index (χ1n) is 9.38. The Bertz CT molecular complexity index is 776. The summed E-state index contributed by atoms with van der Waals surface area (Å²) >= 11 is 0. The van der Waals surface area contributed by atoms with E-state index in [0.717, 1.165) is 23.3 Å². The highest BCUT2D eigenvalue weighted by Gasteiger charge is 2.22. The molecule has 0 N–H and O–H groups in total. The van der Waals surface area contributed by atoms with Crippen molar-refractivity contribution in [2.75, 3.05) is 33.3 Å². The second-order valence-corrected chi connectivity index (χ2v) is 6.81. The van der Waals surface area contributed by atoms with E-state index in [1.54, 1.807) is 7.11 Å². The first kappa shape index (κ1) is 19.0. The molecular formula is C22H26N2O3. The van der Waals surface area contributed by atoms with Crippen LogP contribution in [0.25, 0.3) is 0 Å². The summed E-state index contributed by atoms with van der Waals surface area (Å²) in [4.78, 5) is 29.0. The van der Waals surface area contributed by atoms with Gasteiger partial charge in [0, 0.05) is 26.2 Å². The number of carbonyl (C=O) groups excluding carboxylic acids is 2. The van der Waals surface area contributed by atoms with E-state index >= 15 is 0 Å². The number of ether oxygens (including phenoxy) is 1. The minimum atomic E-state index is 0.0978. The number of carbonyl (C=O) groups is 2. The van der Waals surface area contributed by atoms with Crippen molar-refractivity contribution < 1.29 is 14.3 Å². The van der Waals surface area contributed by atoms with E-state index in [4.69, 9.17) is 4.74 Å². The Balaban J connectivity index is 1.54. The van der Waals surface area contributed by atoms with Crippen LogP contribution in [0.15, 0.2) is 54.6 Å². The van der Waals surface area contributed by atoms with Gasteiger partial charge >= 0.3 is 0 Å². The van der Waals surface area contributed by atoms with E-state index in [0.29, 0.717) is 39.0 Å². The lowest BCUT2D eigenvalue weighted by Crippen LogP contribution is -2.38. The van der Waals surface area contributed by atoms with E-state index in [-0.39, 0.29) is 11.8 Å². The number of rotatable bonds is 5. The van der Waals surface area contributed by atoms with Crippen LogP contribution in [0.5, 0.6) is 5.75 Å². The molecule has 0 atom stereocenters. The maximum absolute atomic E-state index is 12.7. The van der Waals surface area contributed by atoms with Gasteiger partial charge in [-0.3, -0.25) is 9.59 Å². The minimum absolute atomic E-state index is 0.0978. The van der Waals surface area contributed by atoms with Crippen LogP contribution in [0.4, 0.5) is 0 Å². The molecule has 1 fully saturated rings. The number of amides is 2. The fraction of sp³-hybridized carbons (Fsp3) is 0.364. The minimum Gasteiger partial charge on any atom is -0.497 e. The van der Waals surface area contributed by atoms with Gasteiger partial charge in [0.25, 0.3) is 0 Å². The lowest BCUT2D eigenvalue weighted by atomic mass is 10.1. The molecule has 1 aliphatic rings. The lowest BCUT2D eigenvalue weighted by Gasteiger charge is -2.22. The number of benzene rings is 2. The molecule has 1 heterocycles. The third kappa shape index (κ3) is 5.33. The standard InChI is InChI=1S/C22H26N2O3/c1-27-20-10-5-9-19(15-20)17-22(26)24-12-6-11-23(13-14-24)21(25)16-18-7-3-2-4-8-18/h2-5,7-10,15H,6,11-14,16-17H2,1H3. The van der Waals surface area contributed by atoms with E-state index in [9.17, 15) is 9.59 Å². The van der Waals surface area contributed by atoms with E-state index in [1.165, 1.54) is 0 Å². The molecule has 0 radical (unpaired) electrons. The summed E-state index contributed by atoms with van der Waals surface area (Å²) in [7, 11) is 1.62. The number of nitrogens with zero attached hydrogens (tertiary/aromatic N) is 2. The molecule has 1 aliphatic heterocycles. The van der Waals surface area contributed by atoms with Crippen molar-refractivity contribution in [3.05, 3.63) is 65.7 Å². The zero-order valence-electron chi connectivity index (χ0n) is 15.8. The number of hydrogen-bond acceptors (Lipinski definition) is 3. The van der Waals surface area contributed by atoms with Crippen molar-refractivity contribution in [3.63, 3.8) is 0 Å². The van der Waals surface area contributed by atoms with Crippen LogP contribution in [0, 0.1) is 0 Å². The molecule has 3 rings (SSSR count).